The van der Waals surface area contributed by atoms with Crippen LogP contribution in [0.25, 0.3) is 0 Å². The summed E-state index contributed by atoms with van der Waals surface area (Å²) in [5.74, 6) is -1.81. The maximum Gasteiger partial charge on any atom is 0.341 e. The number of rotatable bonds is 5. The van der Waals surface area contributed by atoms with Gasteiger partial charge in [-0.05, 0) is 60.7 Å². The van der Waals surface area contributed by atoms with Gasteiger partial charge in [-0.1, -0.05) is 0 Å². The van der Waals surface area contributed by atoms with E-state index in [2.05, 4.69) is 27.9 Å². The maximum absolute atomic E-state index is 12.6. The minimum absolute atomic E-state index is 0.122. The monoisotopic (exact) mass is 418 g/mol. The first-order valence-corrected chi connectivity index (χ1v) is 7.80. The van der Waals surface area contributed by atoms with Crippen molar-refractivity contribution in [2.45, 2.75) is 19.4 Å². The van der Waals surface area contributed by atoms with E-state index in [9.17, 15) is 14.4 Å². The summed E-state index contributed by atoms with van der Waals surface area (Å²) in [4.78, 5) is 38.1. The van der Waals surface area contributed by atoms with E-state index in [4.69, 9.17) is 4.74 Å². The molecule has 2 amide bonds. The summed E-state index contributed by atoms with van der Waals surface area (Å²) in [7, 11) is 2.81. The SMILES string of the molecule is CCOC(=O)C(C)(C(=O)NC)N(C)C(=O)c1ccc(I)cc1. The minimum Gasteiger partial charge on any atom is -0.464 e. The maximum atomic E-state index is 12.6. The number of halogens is 1. The molecule has 1 aromatic rings. The Balaban J connectivity index is 3.18. The fourth-order valence-corrected chi connectivity index (χ4v) is 2.25. The van der Waals surface area contributed by atoms with Gasteiger partial charge in [0.25, 0.3) is 11.8 Å². The molecule has 0 bridgehead atoms. The van der Waals surface area contributed by atoms with Crippen molar-refractivity contribution in [2.24, 2.45) is 0 Å². The molecule has 1 unspecified atom stereocenters. The smallest absolute Gasteiger partial charge is 0.341 e. The number of esters is 1. The normalized spacial score (nSPS) is 13.0. The van der Waals surface area contributed by atoms with Crippen molar-refractivity contribution in [1.29, 1.82) is 0 Å². The summed E-state index contributed by atoms with van der Waals surface area (Å²) < 4.78 is 5.94. The molecule has 0 fully saturated rings. The molecule has 1 rings (SSSR count). The molecule has 1 aromatic carbocycles. The number of likely N-dealkylation sites (N-methyl/N-ethyl adjacent to an activating group) is 2. The van der Waals surface area contributed by atoms with Gasteiger partial charge >= 0.3 is 5.97 Å². The van der Waals surface area contributed by atoms with E-state index in [1.54, 1.807) is 31.2 Å². The highest BCUT2D eigenvalue weighted by Crippen LogP contribution is 2.20. The molecular formula is C15H19IN2O4. The van der Waals surface area contributed by atoms with Crippen molar-refractivity contribution < 1.29 is 19.1 Å². The van der Waals surface area contributed by atoms with Gasteiger partial charge < -0.3 is 15.0 Å². The molecule has 0 aliphatic carbocycles. The first kappa shape index (κ1) is 18.4. The predicted molar refractivity (Wildman–Crippen MR) is 90.4 cm³/mol. The van der Waals surface area contributed by atoms with Gasteiger partial charge in [-0.15, -0.1) is 0 Å². The fraction of sp³-hybridized carbons (Fsp3) is 0.400. The number of nitrogens with zero attached hydrogens (tertiary/aromatic N) is 1. The second kappa shape index (κ2) is 7.57. The molecule has 0 saturated heterocycles. The van der Waals surface area contributed by atoms with E-state index in [0.717, 1.165) is 8.47 Å². The van der Waals surface area contributed by atoms with Crippen LogP contribution in [-0.4, -0.2) is 48.9 Å². The lowest BCUT2D eigenvalue weighted by molar-refractivity contribution is -0.159. The summed E-state index contributed by atoms with van der Waals surface area (Å²) in [6.45, 7) is 3.13. The van der Waals surface area contributed by atoms with Crippen molar-refractivity contribution in [3.05, 3.63) is 33.4 Å². The van der Waals surface area contributed by atoms with Gasteiger partial charge in [-0.2, -0.15) is 0 Å². The van der Waals surface area contributed by atoms with Crippen LogP contribution in [0.5, 0.6) is 0 Å². The van der Waals surface area contributed by atoms with E-state index in [-0.39, 0.29) is 6.61 Å². The summed E-state index contributed by atoms with van der Waals surface area (Å²) in [5.41, 5.74) is -1.34. The molecule has 6 nitrogen and oxygen atoms in total. The van der Waals surface area contributed by atoms with Crippen LogP contribution in [0.3, 0.4) is 0 Å². The zero-order valence-corrected chi connectivity index (χ0v) is 15.1. The van der Waals surface area contributed by atoms with Crippen molar-refractivity contribution in [3.8, 4) is 0 Å². The second-order valence-corrected chi connectivity index (χ2v) is 5.99. The third kappa shape index (κ3) is 3.57. The molecule has 22 heavy (non-hydrogen) atoms. The Bertz CT molecular complexity index is 573. The van der Waals surface area contributed by atoms with Crippen molar-refractivity contribution >= 4 is 40.4 Å². The average Bonchev–Trinajstić information content (AvgIpc) is 2.52. The third-order valence-corrected chi connectivity index (χ3v) is 4.13. The number of ether oxygens (including phenoxy) is 1. The number of hydrogen-bond acceptors (Lipinski definition) is 4. The Labute approximate surface area is 143 Å². The van der Waals surface area contributed by atoms with E-state index in [0.29, 0.717) is 5.56 Å². The van der Waals surface area contributed by atoms with Gasteiger partial charge in [0.2, 0.25) is 5.54 Å². The molecule has 120 valence electrons. The molecule has 0 heterocycles. The number of hydrogen-bond donors (Lipinski definition) is 1. The molecule has 0 spiro atoms. The topological polar surface area (TPSA) is 75.7 Å². The van der Waals surface area contributed by atoms with E-state index < -0.39 is 23.3 Å². The van der Waals surface area contributed by atoms with Crippen LogP contribution >= 0.6 is 22.6 Å². The summed E-state index contributed by atoms with van der Waals surface area (Å²) >= 11 is 2.13. The standard InChI is InChI=1S/C15H19IN2O4/c1-5-22-14(21)15(2,13(20)17-3)18(4)12(19)10-6-8-11(16)9-7-10/h6-9H,5H2,1-4H3,(H,17,20). The van der Waals surface area contributed by atoms with Crippen LogP contribution in [0.2, 0.25) is 0 Å². The Hall–Kier alpha value is -1.64. The number of benzene rings is 1. The molecule has 0 aromatic heterocycles. The zero-order chi connectivity index (χ0) is 16.9. The summed E-state index contributed by atoms with van der Waals surface area (Å²) in [6.07, 6.45) is 0. The number of carbonyl (C=O) groups is 3. The number of carbonyl (C=O) groups excluding carboxylic acids is 3. The molecule has 0 radical (unpaired) electrons. The average molecular weight is 418 g/mol. The Kier molecular flexibility index (Phi) is 6.34. The predicted octanol–water partition coefficient (Wildman–Crippen LogP) is 1.43. The number of amides is 2. The van der Waals surface area contributed by atoms with Crippen molar-refractivity contribution in [2.75, 3.05) is 20.7 Å². The quantitative estimate of drug-likeness (QED) is 0.446. The van der Waals surface area contributed by atoms with Gasteiger partial charge in [0, 0.05) is 23.2 Å². The fourth-order valence-electron chi connectivity index (χ4n) is 1.89. The van der Waals surface area contributed by atoms with Crippen LogP contribution in [0.4, 0.5) is 0 Å². The lowest BCUT2D eigenvalue weighted by Crippen LogP contribution is -2.62. The molecule has 0 aliphatic heterocycles. The van der Waals surface area contributed by atoms with Crippen molar-refractivity contribution in [3.63, 3.8) is 0 Å². The highest BCUT2D eigenvalue weighted by atomic mass is 127. The van der Waals surface area contributed by atoms with Gasteiger partial charge in [-0.25, -0.2) is 4.79 Å². The van der Waals surface area contributed by atoms with Crippen LogP contribution < -0.4 is 5.32 Å². The van der Waals surface area contributed by atoms with E-state index in [1.807, 2.05) is 0 Å². The molecule has 7 heteroatoms. The van der Waals surface area contributed by atoms with Crippen LogP contribution in [0.1, 0.15) is 24.2 Å². The molecule has 0 saturated carbocycles. The van der Waals surface area contributed by atoms with Crippen LogP contribution in [0, 0.1) is 3.57 Å². The Morgan fingerprint density at radius 1 is 1.27 bits per heavy atom. The highest BCUT2D eigenvalue weighted by Gasteiger charge is 2.48. The van der Waals surface area contributed by atoms with Gasteiger partial charge in [0.05, 0.1) is 6.61 Å². The molecular weight excluding hydrogens is 399 g/mol. The van der Waals surface area contributed by atoms with Gasteiger partial charge in [0.15, 0.2) is 0 Å². The zero-order valence-electron chi connectivity index (χ0n) is 13.0. The van der Waals surface area contributed by atoms with Crippen molar-refractivity contribution in [1.82, 2.24) is 10.2 Å². The van der Waals surface area contributed by atoms with Crippen LogP contribution in [-0.2, 0) is 14.3 Å². The lowest BCUT2D eigenvalue weighted by atomic mass is 9.98. The van der Waals surface area contributed by atoms with E-state index >= 15 is 0 Å². The van der Waals surface area contributed by atoms with Crippen LogP contribution in [0.15, 0.2) is 24.3 Å². The summed E-state index contributed by atoms with van der Waals surface area (Å²) in [6, 6.07) is 6.86. The largest absolute Gasteiger partial charge is 0.464 e. The first-order valence-electron chi connectivity index (χ1n) is 6.72. The second-order valence-electron chi connectivity index (χ2n) is 4.74. The molecule has 1 N–H and O–H groups in total. The highest BCUT2D eigenvalue weighted by molar-refractivity contribution is 14.1. The van der Waals surface area contributed by atoms with E-state index in [1.165, 1.54) is 21.0 Å². The first-order chi connectivity index (χ1) is 10.3. The summed E-state index contributed by atoms with van der Waals surface area (Å²) in [5, 5.41) is 2.41. The lowest BCUT2D eigenvalue weighted by Gasteiger charge is -2.34. The third-order valence-electron chi connectivity index (χ3n) is 3.41. The number of nitrogens with one attached hydrogen (secondary N) is 1. The molecule has 1 atom stereocenters. The Morgan fingerprint density at radius 2 is 1.82 bits per heavy atom. The minimum atomic E-state index is -1.73. The Morgan fingerprint density at radius 3 is 2.27 bits per heavy atom. The van der Waals surface area contributed by atoms with Gasteiger partial charge in [0.1, 0.15) is 0 Å². The molecule has 0 aliphatic rings. The van der Waals surface area contributed by atoms with Gasteiger partial charge in [-0.3, -0.25) is 9.59 Å².